The minimum absolute atomic E-state index is 0.0418. The van der Waals surface area contributed by atoms with E-state index in [-0.39, 0.29) is 45.4 Å². The number of esters is 1. The van der Waals surface area contributed by atoms with Gasteiger partial charge in [-0.2, -0.15) is 0 Å². The van der Waals surface area contributed by atoms with E-state index >= 15 is 0 Å². The number of methoxy groups -OCH3 is 1. The Morgan fingerprint density at radius 2 is 1.86 bits per heavy atom. The van der Waals surface area contributed by atoms with Crippen molar-refractivity contribution in [2.24, 2.45) is 28.1 Å². The van der Waals surface area contributed by atoms with Gasteiger partial charge < -0.3 is 19.0 Å². The quantitative estimate of drug-likeness (QED) is 0.272. The molecule has 1 N–H and O–H groups in total. The first kappa shape index (κ1) is 27.1. The van der Waals surface area contributed by atoms with E-state index in [1.807, 2.05) is 0 Å². The van der Waals surface area contributed by atoms with Gasteiger partial charge in [0.25, 0.3) is 0 Å². The Kier molecular flexibility index (Phi) is 6.40. The van der Waals surface area contributed by atoms with Gasteiger partial charge in [0, 0.05) is 10.8 Å². The second-order valence-electron chi connectivity index (χ2n) is 14.0. The van der Waals surface area contributed by atoms with Crippen LogP contribution in [0.25, 0.3) is 0 Å². The maximum Gasteiger partial charge on any atom is 0.312 e. The zero-order chi connectivity index (χ0) is 26.2. The van der Waals surface area contributed by atoms with E-state index in [1.54, 1.807) is 6.08 Å². The first-order valence-corrected chi connectivity index (χ1v) is 16.3. The van der Waals surface area contributed by atoms with Gasteiger partial charge in [0.15, 0.2) is 8.32 Å². The van der Waals surface area contributed by atoms with Crippen LogP contribution in [0.2, 0.25) is 18.1 Å². The summed E-state index contributed by atoms with van der Waals surface area (Å²) in [5.41, 5.74) is -0.428. The van der Waals surface area contributed by atoms with Gasteiger partial charge in [-0.3, -0.25) is 4.79 Å². The Hall–Kier alpha value is -0.953. The second-order valence-corrected chi connectivity index (χ2v) is 18.7. The van der Waals surface area contributed by atoms with Crippen molar-refractivity contribution in [2.45, 2.75) is 109 Å². The molecule has 4 aliphatic rings. The molecule has 0 heterocycles. The van der Waals surface area contributed by atoms with Gasteiger partial charge in [-0.25, -0.2) is 0 Å². The van der Waals surface area contributed by atoms with Crippen molar-refractivity contribution < 1.29 is 23.8 Å². The lowest BCUT2D eigenvalue weighted by Crippen LogP contribution is -2.66. The normalized spacial score (nSPS) is 45.1. The molecular weight excluding hydrogens is 456 g/mol. The van der Waals surface area contributed by atoms with E-state index in [0.717, 1.165) is 37.7 Å². The molecule has 4 aliphatic carbocycles. The van der Waals surface area contributed by atoms with Crippen molar-refractivity contribution in [3.8, 4) is 0 Å². The molecule has 0 spiro atoms. The van der Waals surface area contributed by atoms with Gasteiger partial charge in [0.2, 0.25) is 0 Å². The van der Waals surface area contributed by atoms with Crippen molar-refractivity contribution >= 4 is 14.3 Å². The van der Waals surface area contributed by atoms with Crippen LogP contribution in [0.4, 0.5) is 0 Å². The fourth-order valence-electron chi connectivity index (χ4n) is 8.38. The predicted molar refractivity (Wildman–Crippen MR) is 141 cm³/mol. The number of aliphatic hydroxyl groups excluding tert-OH is 1. The molecule has 4 rings (SSSR count). The van der Waals surface area contributed by atoms with Gasteiger partial charge in [0.1, 0.15) is 0 Å². The summed E-state index contributed by atoms with van der Waals surface area (Å²) >= 11 is 0. The first-order chi connectivity index (χ1) is 16.1. The molecule has 4 saturated carbocycles. The molecule has 198 valence electrons. The second kappa shape index (κ2) is 8.27. The molecule has 0 radical (unpaired) electrons. The smallest absolute Gasteiger partial charge is 0.312 e. The van der Waals surface area contributed by atoms with Crippen molar-refractivity contribution in [3.63, 3.8) is 0 Å². The van der Waals surface area contributed by atoms with Gasteiger partial charge in [-0.1, -0.05) is 47.3 Å². The zero-order valence-corrected chi connectivity index (χ0v) is 24.3. The highest BCUT2D eigenvalue weighted by molar-refractivity contribution is 6.74. The van der Waals surface area contributed by atoms with E-state index in [9.17, 15) is 9.90 Å². The van der Waals surface area contributed by atoms with Gasteiger partial charge in [-0.15, -0.1) is 6.58 Å². The highest BCUT2D eigenvalue weighted by atomic mass is 28.4. The van der Waals surface area contributed by atoms with Crippen LogP contribution >= 0.6 is 0 Å². The molecule has 8 atom stereocenters. The molecule has 0 aliphatic heterocycles. The van der Waals surface area contributed by atoms with Gasteiger partial charge in [-0.05, 0) is 74.1 Å². The van der Waals surface area contributed by atoms with E-state index in [0.29, 0.717) is 13.0 Å². The molecule has 0 bridgehead atoms. The minimum Gasteiger partial charge on any atom is -0.469 e. The van der Waals surface area contributed by atoms with Crippen LogP contribution in [0, 0.1) is 28.1 Å². The van der Waals surface area contributed by atoms with Crippen LogP contribution < -0.4 is 0 Å². The maximum absolute atomic E-state index is 13.9. The average molecular weight is 505 g/mol. The molecule has 5 nitrogen and oxygen atoms in total. The Balaban J connectivity index is 1.76. The maximum atomic E-state index is 13.9. The van der Waals surface area contributed by atoms with Crippen molar-refractivity contribution in [1.82, 2.24) is 0 Å². The van der Waals surface area contributed by atoms with E-state index < -0.39 is 19.8 Å². The molecule has 0 amide bonds. The lowest BCUT2D eigenvalue weighted by Gasteiger charge is -2.64. The summed E-state index contributed by atoms with van der Waals surface area (Å²) in [4.78, 5) is 13.9. The number of ether oxygens (including phenoxy) is 2. The fraction of sp³-hybridized carbons (Fsp3) is 0.828. The zero-order valence-electron chi connectivity index (χ0n) is 23.3. The largest absolute Gasteiger partial charge is 0.469 e. The number of hydrogen-bond donors (Lipinski definition) is 1. The lowest BCUT2D eigenvalue weighted by molar-refractivity contribution is -0.213. The number of carbonyl (C=O) groups is 1. The molecule has 0 unspecified atom stereocenters. The van der Waals surface area contributed by atoms with Crippen LogP contribution in [0.3, 0.4) is 0 Å². The number of carbonyl (C=O) groups excluding carboxylic acids is 1. The highest BCUT2D eigenvalue weighted by Crippen LogP contribution is 2.79. The summed E-state index contributed by atoms with van der Waals surface area (Å²) in [5, 5.41) is 11.3. The van der Waals surface area contributed by atoms with Gasteiger partial charge in [0.05, 0.1) is 36.9 Å². The van der Waals surface area contributed by atoms with Crippen LogP contribution in [0.1, 0.15) is 73.1 Å². The van der Waals surface area contributed by atoms with E-state index in [2.05, 4.69) is 60.9 Å². The third-order valence-electron chi connectivity index (χ3n) is 11.3. The molecule has 0 aromatic rings. The Bertz CT molecular complexity index is 907. The first-order valence-electron chi connectivity index (χ1n) is 13.4. The molecule has 4 fully saturated rings. The van der Waals surface area contributed by atoms with E-state index in [4.69, 9.17) is 13.9 Å². The monoisotopic (exact) mass is 504 g/mol. The van der Waals surface area contributed by atoms with Gasteiger partial charge >= 0.3 is 5.97 Å². The van der Waals surface area contributed by atoms with Crippen molar-refractivity contribution in [1.29, 1.82) is 0 Å². The van der Waals surface area contributed by atoms with Crippen LogP contribution in [-0.2, 0) is 18.7 Å². The molecular formula is C29H48O5Si. The number of rotatable bonds is 6. The third-order valence-corrected chi connectivity index (χ3v) is 15.8. The molecule has 0 saturated heterocycles. The lowest BCUT2D eigenvalue weighted by atomic mass is 9.41. The van der Waals surface area contributed by atoms with Crippen LogP contribution in [0.15, 0.2) is 24.8 Å². The summed E-state index contributed by atoms with van der Waals surface area (Å²) in [6.07, 6.45) is 5.74. The summed E-state index contributed by atoms with van der Waals surface area (Å²) in [6, 6.07) is 0. The summed E-state index contributed by atoms with van der Waals surface area (Å²) in [5.74, 6) is 0.00661. The molecule has 0 aromatic carbocycles. The van der Waals surface area contributed by atoms with Crippen molar-refractivity contribution in [3.05, 3.63) is 24.8 Å². The fourth-order valence-corrected chi connectivity index (χ4v) is 10.1. The molecule has 6 heteroatoms. The van der Waals surface area contributed by atoms with Crippen LogP contribution in [0.5, 0.6) is 0 Å². The third kappa shape index (κ3) is 3.60. The highest BCUT2D eigenvalue weighted by Gasteiger charge is 2.80. The predicted octanol–water partition coefficient (Wildman–Crippen LogP) is 6.03. The van der Waals surface area contributed by atoms with Crippen LogP contribution in [-0.4, -0.2) is 50.9 Å². The SMILES string of the molecule is C=CCO[C@@H]1C(=C)[C@@H](O)C[C@H]2[C@@]1(C)CC[C@@H]1[C@]2(C(=O)OC)CC[C@@]2(O[Si](C)(C)C(C)(C)C)C[C@@]12C. The number of fused-ring (bicyclic) bond motifs is 5. The van der Waals surface area contributed by atoms with E-state index in [1.165, 1.54) is 7.11 Å². The molecule has 0 aromatic heterocycles. The summed E-state index contributed by atoms with van der Waals surface area (Å²) in [6.45, 7) is 24.6. The standard InChI is InChI=1S/C29H48O5Si/c1-11-16-33-23-19(2)20(30)17-22-26(23,6)13-12-21-27(7)18-28(27,34-35(9,10)25(3,4)5)14-15-29(21,22)24(31)32-8/h11,20-23,30H,1-2,12-18H2,3-10H3/t20-,21-,22-,23+,26+,27-,28+,29+/m0/s1. The Morgan fingerprint density at radius 1 is 1.20 bits per heavy atom. The summed E-state index contributed by atoms with van der Waals surface area (Å²) < 4.78 is 19.0. The Morgan fingerprint density at radius 3 is 2.43 bits per heavy atom. The topological polar surface area (TPSA) is 65.0 Å². The Labute approximate surface area is 213 Å². The average Bonchev–Trinajstić information content (AvgIpc) is 3.37. The van der Waals surface area contributed by atoms with Crippen molar-refractivity contribution in [2.75, 3.05) is 13.7 Å². The number of hydrogen-bond acceptors (Lipinski definition) is 5. The minimum atomic E-state index is -1.98. The molecule has 35 heavy (non-hydrogen) atoms. The summed E-state index contributed by atoms with van der Waals surface area (Å²) in [7, 11) is -0.458. The number of aliphatic hydroxyl groups is 1.